The van der Waals surface area contributed by atoms with Gasteiger partial charge in [-0.15, -0.1) is 6.58 Å². The highest BCUT2D eigenvalue weighted by atomic mass is 16.3. The van der Waals surface area contributed by atoms with E-state index in [1.165, 1.54) is 0 Å². The highest BCUT2D eigenvalue weighted by Crippen LogP contribution is 1.76. The van der Waals surface area contributed by atoms with Gasteiger partial charge in [-0.05, 0) is 6.42 Å². The van der Waals surface area contributed by atoms with E-state index in [-0.39, 0.29) is 6.54 Å². The molecule has 1 unspecified atom stereocenters. The molecule has 0 aliphatic heterocycles. The monoisotopic (exact) mass is 130 g/mol. The Hall–Kier alpha value is -0.380. The van der Waals surface area contributed by atoms with Gasteiger partial charge in [-0.3, -0.25) is 5.32 Å². The first kappa shape index (κ1) is 8.62. The number of aliphatic hydroxyl groups excluding tert-OH is 1. The Morgan fingerprint density at radius 1 is 1.78 bits per heavy atom. The molecule has 0 rings (SSSR count). The standard InChI is InChI=1S/C6H14N2O/c1-2-3-4-8-6(9)5-7/h2,6,8-9H,1,3-5,7H2. The van der Waals surface area contributed by atoms with Gasteiger partial charge in [0.15, 0.2) is 0 Å². The van der Waals surface area contributed by atoms with E-state index in [2.05, 4.69) is 11.9 Å². The third-order valence-corrected chi connectivity index (χ3v) is 0.952. The third kappa shape index (κ3) is 5.49. The van der Waals surface area contributed by atoms with Crippen molar-refractivity contribution in [3.8, 4) is 0 Å². The van der Waals surface area contributed by atoms with Gasteiger partial charge >= 0.3 is 0 Å². The van der Waals surface area contributed by atoms with Crippen molar-refractivity contribution in [2.45, 2.75) is 12.6 Å². The molecule has 1 atom stereocenters. The molecule has 0 heterocycles. The summed E-state index contributed by atoms with van der Waals surface area (Å²) in [5.41, 5.74) is 5.12. The minimum absolute atomic E-state index is 0.261. The Morgan fingerprint density at radius 3 is 2.89 bits per heavy atom. The molecule has 0 bridgehead atoms. The van der Waals surface area contributed by atoms with Gasteiger partial charge in [0.05, 0.1) is 0 Å². The Morgan fingerprint density at radius 2 is 2.44 bits per heavy atom. The summed E-state index contributed by atoms with van der Waals surface area (Å²) in [6, 6.07) is 0. The summed E-state index contributed by atoms with van der Waals surface area (Å²) >= 11 is 0. The number of aliphatic hydroxyl groups is 1. The number of rotatable bonds is 5. The van der Waals surface area contributed by atoms with Crippen molar-refractivity contribution in [2.75, 3.05) is 13.1 Å². The van der Waals surface area contributed by atoms with Crippen molar-refractivity contribution < 1.29 is 5.11 Å². The fourth-order valence-electron chi connectivity index (χ4n) is 0.435. The molecule has 3 nitrogen and oxygen atoms in total. The minimum Gasteiger partial charge on any atom is -0.377 e. The van der Waals surface area contributed by atoms with Crippen LogP contribution in [-0.4, -0.2) is 24.4 Å². The van der Waals surface area contributed by atoms with Crippen LogP contribution in [0.4, 0.5) is 0 Å². The number of hydrogen-bond acceptors (Lipinski definition) is 3. The van der Waals surface area contributed by atoms with E-state index < -0.39 is 6.23 Å². The fraction of sp³-hybridized carbons (Fsp3) is 0.667. The van der Waals surface area contributed by atoms with Gasteiger partial charge in [-0.2, -0.15) is 0 Å². The molecule has 3 heteroatoms. The highest BCUT2D eigenvalue weighted by molar-refractivity contribution is 4.68. The maximum atomic E-state index is 8.81. The van der Waals surface area contributed by atoms with E-state index in [1.807, 2.05) is 0 Å². The third-order valence-electron chi connectivity index (χ3n) is 0.952. The Balaban J connectivity index is 2.96. The molecule has 54 valence electrons. The van der Waals surface area contributed by atoms with Crippen molar-refractivity contribution in [1.29, 1.82) is 0 Å². The van der Waals surface area contributed by atoms with E-state index in [0.29, 0.717) is 0 Å². The average Bonchev–Trinajstić information content (AvgIpc) is 1.89. The van der Waals surface area contributed by atoms with Gasteiger partial charge < -0.3 is 10.8 Å². The van der Waals surface area contributed by atoms with Crippen LogP contribution in [0, 0.1) is 0 Å². The lowest BCUT2D eigenvalue weighted by molar-refractivity contribution is 0.146. The lowest BCUT2D eigenvalue weighted by Crippen LogP contribution is -2.35. The molecule has 0 aliphatic rings. The van der Waals surface area contributed by atoms with E-state index in [0.717, 1.165) is 13.0 Å². The van der Waals surface area contributed by atoms with Crippen LogP contribution in [-0.2, 0) is 0 Å². The molecule has 0 aromatic heterocycles. The van der Waals surface area contributed by atoms with Gasteiger partial charge in [0.1, 0.15) is 6.23 Å². The fourth-order valence-corrected chi connectivity index (χ4v) is 0.435. The van der Waals surface area contributed by atoms with Crippen molar-refractivity contribution >= 4 is 0 Å². The van der Waals surface area contributed by atoms with Crippen molar-refractivity contribution in [2.24, 2.45) is 5.73 Å². The van der Waals surface area contributed by atoms with Crippen molar-refractivity contribution in [3.05, 3.63) is 12.7 Å². The summed E-state index contributed by atoms with van der Waals surface area (Å²) in [5, 5.41) is 11.6. The molecule has 0 spiro atoms. The van der Waals surface area contributed by atoms with Crippen LogP contribution in [0.25, 0.3) is 0 Å². The maximum absolute atomic E-state index is 8.81. The second kappa shape index (κ2) is 5.75. The van der Waals surface area contributed by atoms with Gasteiger partial charge in [0, 0.05) is 13.1 Å². The first-order chi connectivity index (χ1) is 4.31. The molecule has 9 heavy (non-hydrogen) atoms. The molecular weight excluding hydrogens is 116 g/mol. The lowest BCUT2D eigenvalue weighted by atomic mass is 10.4. The SMILES string of the molecule is C=CCCNC(O)CN. The lowest BCUT2D eigenvalue weighted by Gasteiger charge is -2.07. The predicted molar refractivity (Wildman–Crippen MR) is 37.9 cm³/mol. The smallest absolute Gasteiger partial charge is 0.117 e. The van der Waals surface area contributed by atoms with Crippen LogP contribution in [0.3, 0.4) is 0 Å². The first-order valence-corrected chi connectivity index (χ1v) is 3.03. The van der Waals surface area contributed by atoms with E-state index >= 15 is 0 Å². The van der Waals surface area contributed by atoms with Crippen LogP contribution in [0.15, 0.2) is 12.7 Å². The Kier molecular flexibility index (Phi) is 5.51. The molecule has 0 fully saturated rings. The van der Waals surface area contributed by atoms with Gasteiger partial charge in [0.25, 0.3) is 0 Å². The largest absolute Gasteiger partial charge is 0.377 e. The average molecular weight is 130 g/mol. The second-order valence-electron chi connectivity index (χ2n) is 1.78. The van der Waals surface area contributed by atoms with Crippen LogP contribution < -0.4 is 11.1 Å². The Labute approximate surface area is 55.6 Å². The molecule has 0 saturated carbocycles. The highest BCUT2D eigenvalue weighted by Gasteiger charge is 1.94. The molecule has 0 radical (unpaired) electrons. The van der Waals surface area contributed by atoms with Crippen molar-refractivity contribution in [3.63, 3.8) is 0 Å². The van der Waals surface area contributed by atoms with Gasteiger partial charge in [-0.25, -0.2) is 0 Å². The summed E-state index contributed by atoms with van der Waals surface area (Å²) in [7, 11) is 0. The predicted octanol–water partition coefficient (Wildman–Crippen LogP) is -0.571. The summed E-state index contributed by atoms with van der Waals surface area (Å²) < 4.78 is 0. The van der Waals surface area contributed by atoms with Crippen molar-refractivity contribution in [1.82, 2.24) is 5.32 Å². The zero-order valence-corrected chi connectivity index (χ0v) is 5.51. The maximum Gasteiger partial charge on any atom is 0.117 e. The zero-order chi connectivity index (χ0) is 7.11. The Bertz CT molecular complexity index is 75.5. The zero-order valence-electron chi connectivity index (χ0n) is 5.51. The summed E-state index contributed by atoms with van der Waals surface area (Å²) in [6.45, 7) is 4.53. The first-order valence-electron chi connectivity index (χ1n) is 3.03. The van der Waals surface area contributed by atoms with E-state index in [4.69, 9.17) is 10.8 Å². The van der Waals surface area contributed by atoms with Crippen LogP contribution in [0.5, 0.6) is 0 Å². The number of nitrogens with one attached hydrogen (secondary N) is 1. The molecule has 0 aromatic carbocycles. The molecule has 4 N–H and O–H groups in total. The number of nitrogens with two attached hydrogens (primary N) is 1. The van der Waals surface area contributed by atoms with Crippen LogP contribution >= 0.6 is 0 Å². The number of hydrogen-bond donors (Lipinski definition) is 3. The quantitative estimate of drug-likeness (QED) is 0.265. The topological polar surface area (TPSA) is 58.3 Å². The molecule has 0 aromatic rings. The molecule has 0 amide bonds. The van der Waals surface area contributed by atoms with Crippen LogP contribution in [0.1, 0.15) is 6.42 Å². The summed E-state index contributed by atoms with van der Waals surface area (Å²) in [5.74, 6) is 0. The molecule has 0 saturated heterocycles. The normalized spacial score (nSPS) is 13.1. The van der Waals surface area contributed by atoms with Gasteiger partial charge in [0.2, 0.25) is 0 Å². The second-order valence-corrected chi connectivity index (χ2v) is 1.78. The summed E-state index contributed by atoms with van der Waals surface area (Å²) in [4.78, 5) is 0. The van der Waals surface area contributed by atoms with Gasteiger partial charge in [-0.1, -0.05) is 6.08 Å². The summed E-state index contributed by atoms with van der Waals surface area (Å²) in [6.07, 6.45) is 2.08. The van der Waals surface area contributed by atoms with Crippen LogP contribution in [0.2, 0.25) is 0 Å². The molecular formula is C6H14N2O. The minimum atomic E-state index is -0.565. The van der Waals surface area contributed by atoms with E-state index in [9.17, 15) is 0 Å². The molecule has 0 aliphatic carbocycles. The van der Waals surface area contributed by atoms with E-state index in [1.54, 1.807) is 6.08 Å².